The zero-order valence-corrected chi connectivity index (χ0v) is 5.50. The maximum Gasteiger partial charge on any atom is 0.178 e. The predicted octanol–water partition coefficient (Wildman–Crippen LogP) is 1.87. The van der Waals surface area contributed by atoms with Gasteiger partial charge in [0.15, 0.2) is 5.78 Å². The van der Waals surface area contributed by atoms with Gasteiger partial charge in [-0.3, -0.25) is 4.79 Å². The summed E-state index contributed by atoms with van der Waals surface area (Å²) in [5.74, 6) is -0.0619. The highest BCUT2D eigenvalue weighted by Gasteiger charge is 1.79. The second kappa shape index (κ2) is 5.04. The van der Waals surface area contributed by atoms with Gasteiger partial charge in [-0.25, -0.2) is 0 Å². The molecule has 0 heterocycles. The Kier molecular flexibility index (Phi) is 4.41. The summed E-state index contributed by atoms with van der Waals surface area (Å²) in [5, 5.41) is 0. The molecule has 1 heteroatoms. The summed E-state index contributed by atoms with van der Waals surface area (Å²) in [6.07, 6.45) is 8.07. The molecule has 0 aromatic carbocycles. The van der Waals surface area contributed by atoms with Crippen LogP contribution in [-0.4, -0.2) is 5.78 Å². The Balaban J connectivity index is 3.70. The van der Waals surface area contributed by atoms with Crippen LogP contribution in [0.3, 0.4) is 0 Å². The average Bonchev–Trinajstić information content (AvgIpc) is 1.89. The van der Waals surface area contributed by atoms with E-state index in [-0.39, 0.29) is 5.78 Å². The smallest absolute Gasteiger partial charge is 0.178 e. The Hall–Kier alpha value is -1.11. The van der Waals surface area contributed by atoms with Crippen LogP contribution in [0.5, 0.6) is 0 Å². The lowest BCUT2D eigenvalue weighted by atomic mass is 10.3. The summed E-state index contributed by atoms with van der Waals surface area (Å²) in [5.41, 5.74) is 0. The monoisotopic (exact) mass is 122 g/mol. The van der Waals surface area contributed by atoms with Gasteiger partial charge in [0.25, 0.3) is 0 Å². The first kappa shape index (κ1) is 7.89. The van der Waals surface area contributed by atoms with Crippen LogP contribution in [0, 0.1) is 0 Å². The van der Waals surface area contributed by atoms with Crippen molar-refractivity contribution in [3.05, 3.63) is 37.0 Å². The standard InChI is InChI=1S/C8H10O/c1-3-5-6-7-8(9)4-2/h3-7H,2H2,1H3. The number of allylic oxidation sites excluding steroid dienone is 5. The minimum Gasteiger partial charge on any atom is -0.290 e. The molecular weight excluding hydrogens is 112 g/mol. The molecule has 0 aliphatic rings. The van der Waals surface area contributed by atoms with E-state index in [0.29, 0.717) is 0 Å². The third kappa shape index (κ3) is 4.75. The summed E-state index contributed by atoms with van der Waals surface area (Å²) in [4.78, 5) is 10.4. The molecule has 0 bridgehead atoms. The second-order valence-corrected chi connectivity index (χ2v) is 1.49. The van der Waals surface area contributed by atoms with Crippen molar-refractivity contribution in [1.82, 2.24) is 0 Å². The number of hydrogen-bond acceptors (Lipinski definition) is 1. The van der Waals surface area contributed by atoms with Crippen molar-refractivity contribution in [2.24, 2.45) is 0 Å². The summed E-state index contributed by atoms with van der Waals surface area (Å²) >= 11 is 0. The summed E-state index contributed by atoms with van der Waals surface area (Å²) in [6.45, 7) is 5.21. The maximum atomic E-state index is 10.4. The largest absolute Gasteiger partial charge is 0.290 e. The van der Waals surface area contributed by atoms with Gasteiger partial charge >= 0.3 is 0 Å². The van der Waals surface area contributed by atoms with Crippen molar-refractivity contribution in [3.8, 4) is 0 Å². The molecule has 0 saturated carbocycles. The summed E-state index contributed by atoms with van der Waals surface area (Å²) < 4.78 is 0. The molecule has 0 radical (unpaired) electrons. The Bertz CT molecular complexity index is 152. The number of hydrogen-bond donors (Lipinski definition) is 0. The van der Waals surface area contributed by atoms with Crippen molar-refractivity contribution >= 4 is 5.78 Å². The highest BCUT2D eigenvalue weighted by molar-refractivity contribution is 5.98. The Morgan fingerprint density at radius 1 is 1.44 bits per heavy atom. The molecule has 0 spiro atoms. The lowest BCUT2D eigenvalue weighted by molar-refractivity contribution is -0.110. The van der Waals surface area contributed by atoms with E-state index in [2.05, 4.69) is 6.58 Å². The minimum atomic E-state index is -0.0619. The number of ketones is 1. The molecule has 0 rings (SSSR count). The summed E-state index contributed by atoms with van der Waals surface area (Å²) in [7, 11) is 0. The van der Waals surface area contributed by atoms with Gasteiger partial charge in [0.1, 0.15) is 0 Å². The lowest BCUT2D eigenvalue weighted by Gasteiger charge is -1.74. The van der Waals surface area contributed by atoms with Gasteiger partial charge in [0.05, 0.1) is 0 Å². The minimum absolute atomic E-state index is 0.0619. The number of carbonyl (C=O) groups is 1. The van der Waals surface area contributed by atoms with Crippen molar-refractivity contribution in [1.29, 1.82) is 0 Å². The fourth-order valence-electron chi connectivity index (χ4n) is 0.330. The fraction of sp³-hybridized carbons (Fsp3) is 0.125. The van der Waals surface area contributed by atoms with Crippen LogP contribution in [-0.2, 0) is 4.79 Å². The molecule has 0 unspecified atom stereocenters. The molecule has 0 aromatic heterocycles. The quantitative estimate of drug-likeness (QED) is 0.412. The van der Waals surface area contributed by atoms with Crippen molar-refractivity contribution < 1.29 is 4.79 Å². The molecule has 0 N–H and O–H groups in total. The first-order chi connectivity index (χ1) is 4.31. The van der Waals surface area contributed by atoms with Gasteiger partial charge in [-0.05, 0) is 19.1 Å². The highest BCUT2D eigenvalue weighted by atomic mass is 16.1. The average molecular weight is 122 g/mol. The maximum absolute atomic E-state index is 10.4. The molecule has 48 valence electrons. The third-order valence-corrected chi connectivity index (χ3v) is 0.765. The predicted molar refractivity (Wildman–Crippen MR) is 39.2 cm³/mol. The first-order valence-corrected chi connectivity index (χ1v) is 2.77. The molecule has 0 atom stereocenters. The Labute approximate surface area is 55.4 Å². The van der Waals surface area contributed by atoms with E-state index in [9.17, 15) is 4.79 Å². The third-order valence-electron chi connectivity index (χ3n) is 0.765. The molecule has 0 aliphatic heterocycles. The molecular formula is C8H10O. The van der Waals surface area contributed by atoms with Crippen LogP contribution in [0.2, 0.25) is 0 Å². The van der Waals surface area contributed by atoms with Crippen LogP contribution in [0.25, 0.3) is 0 Å². The van der Waals surface area contributed by atoms with Gasteiger partial charge in [-0.15, -0.1) is 0 Å². The normalized spacial score (nSPS) is 10.8. The fourth-order valence-corrected chi connectivity index (χ4v) is 0.330. The zero-order valence-electron chi connectivity index (χ0n) is 5.50. The Morgan fingerprint density at radius 3 is 2.56 bits per heavy atom. The van der Waals surface area contributed by atoms with E-state index < -0.39 is 0 Å². The SMILES string of the molecule is C=CC(=O)C=CC=CC. The molecule has 0 aliphatic carbocycles. The van der Waals surface area contributed by atoms with Crippen molar-refractivity contribution in [3.63, 3.8) is 0 Å². The topological polar surface area (TPSA) is 17.1 Å². The first-order valence-electron chi connectivity index (χ1n) is 2.77. The van der Waals surface area contributed by atoms with Gasteiger partial charge in [-0.2, -0.15) is 0 Å². The molecule has 0 saturated heterocycles. The van der Waals surface area contributed by atoms with Gasteiger partial charge < -0.3 is 0 Å². The van der Waals surface area contributed by atoms with E-state index in [1.165, 1.54) is 12.2 Å². The molecule has 0 amide bonds. The van der Waals surface area contributed by atoms with Crippen molar-refractivity contribution in [2.75, 3.05) is 0 Å². The van der Waals surface area contributed by atoms with Crippen LogP contribution in [0.1, 0.15) is 6.92 Å². The van der Waals surface area contributed by atoms with Crippen LogP contribution < -0.4 is 0 Å². The van der Waals surface area contributed by atoms with E-state index in [1.807, 2.05) is 13.0 Å². The number of carbonyl (C=O) groups excluding carboxylic acids is 1. The van der Waals surface area contributed by atoms with Gasteiger partial charge in [0.2, 0.25) is 0 Å². The van der Waals surface area contributed by atoms with Crippen LogP contribution in [0.4, 0.5) is 0 Å². The van der Waals surface area contributed by atoms with Crippen LogP contribution >= 0.6 is 0 Å². The van der Waals surface area contributed by atoms with Crippen LogP contribution in [0.15, 0.2) is 37.0 Å². The molecule has 9 heavy (non-hydrogen) atoms. The summed E-state index contributed by atoms with van der Waals surface area (Å²) in [6, 6.07) is 0. The Morgan fingerprint density at radius 2 is 2.11 bits per heavy atom. The molecule has 1 nitrogen and oxygen atoms in total. The zero-order chi connectivity index (χ0) is 7.11. The van der Waals surface area contributed by atoms with Gasteiger partial charge in [-0.1, -0.05) is 24.8 Å². The van der Waals surface area contributed by atoms with Crippen molar-refractivity contribution in [2.45, 2.75) is 6.92 Å². The lowest BCUT2D eigenvalue weighted by Crippen LogP contribution is -1.80. The van der Waals surface area contributed by atoms with Gasteiger partial charge in [0, 0.05) is 0 Å². The van der Waals surface area contributed by atoms with E-state index in [0.717, 1.165) is 0 Å². The van der Waals surface area contributed by atoms with E-state index in [4.69, 9.17) is 0 Å². The molecule has 0 aromatic rings. The van der Waals surface area contributed by atoms with E-state index in [1.54, 1.807) is 12.2 Å². The van der Waals surface area contributed by atoms with E-state index >= 15 is 0 Å². The second-order valence-electron chi connectivity index (χ2n) is 1.49. The highest BCUT2D eigenvalue weighted by Crippen LogP contribution is 1.79. The molecule has 0 fully saturated rings. The number of rotatable bonds is 3.